The van der Waals surface area contributed by atoms with Crippen LogP contribution in [0.2, 0.25) is 0 Å². The molecule has 0 saturated carbocycles. The van der Waals surface area contributed by atoms with Gasteiger partial charge < -0.3 is 15.7 Å². The van der Waals surface area contributed by atoms with Gasteiger partial charge in [-0.3, -0.25) is 9.48 Å². The Morgan fingerprint density at radius 1 is 1.26 bits per heavy atom. The summed E-state index contributed by atoms with van der Waals surface area (Å²) in [6, 6.07) is 10.8. The van der Waals surface area contributed by atoms with Crippen LogP contribution in [0.5, 0.6) is 0 Å². The van der Waals surface area contributed by atoms with Crippen molar-refractivity contribution in [2.45, 2.75) is 13.0 Å². The zero-order valence-corrected chi connectivity index (χ0v) is 14.3. The molecule has 9 nitrogen and oxygen atoms in total. The van der Waals surface area contributed by atoms with Gasteiger partial charge in [-0.2, -0.15) is 10.4 Å². The molecule has 1 amide bonds. The van der Waals surface area contributed by atoms with Crippen molar-refractivity contribution in [1.82, 2.24) is 19.7 Å². The molecule has 3 aromatic rings. The fourth-order valence-corrected chi connectivity index (χ4v) is 2.42. The molecular weight excluding hydrogens is 346 g/mol. The monoisotopic (exact) mass is 363 g/mol. The van der Waals surface area contributed by atoms with Gasteiger partial charge in [-0.05, 0) is 12.1 Å². The van der Waals surface area contributed by atoms with E-state index in [2.05, 4.69) is 25.7 Å². The summed E-state index contributed by atoms with van der Waals surface area (Å²) in [5.41, 5.74) is 2.80. The van der Waals surface area contributed by atoms with Crippen LogP contribution in [0.3, 0.4) is 0 Å². The van der Waals surface area contributed by atoms with Crippen LogP contribution in [-0.2, 0) is 11.3 Å². The predicted octanol–water partition coefficient (Wildman–Crippen LogP) is 1.93. The van der Waals surface area contributed by atoms with Crippen LogP contribution in [0.4, 0.5) is 17.2 Å². The largest absolute Gasteiger partial charge is 0.394 e. The van der Waals surface area contributed by atoms with E-state index in [1.807, 2.05) is 12.1 Å². The number of benzene rings is 1. The molecule has 9 heteroatoms. The minimum Gasteiger partial charge on any atom is -0.394 e. The molecule has 0 aliphatic heterocycles. The number of nitriles is 1. The van der Waals surface area contributed by atoms with Crippen molar-refractivity contribution in [3.8, 4) is 17.3 Å². The molecule has 3 rings (SSSR count). The molecule has 136 valence electrons. The first-order valence-corrected chi connectivity index (χ1v) is 8.17. The molecule has 0 aliphatic rings. The van der Waals surface area contributed by atoms with E-state index in [1.165, 1.54) is 6.33 Å². The van der Waals surface area contributed by atoms with E-state index in [1.54, 1.807) is 41.3 Å². The summed E-state index contributed by atoms with van der Waals surface area (Å²) in [6.07, 6.45) is 4.65. The maximum atomic E-state index is 11.6. The topological polar surface area (TPSA) is 129 Å². The summed E-state index contributed by atoms with van der Waals surface area (Å²) in [6.45, 7) is 0.432. The molecule has 0 aliphatic carbocycles. The normalized spacial score (nSPS) is 10.2. The molecule has 3 N–H and O–H groups in total. The Bertz CT molecular complexity index is 978. The Morgan fingerprint density at radius 2 is 2.15 bits per heavy atom. The highest BCUT2D eigenvalue weighted by Crippen LogP contribution is 2.23. The number of rotatable bonds is 7. The van der Waals surface area contributed by atoms with E-state index < -0.39 is 0 Å². The molecule has 2 aromatic heterocycles. The summed E-state index contributed by atoms with van der Waals surface area (Å²) in [5, 5.41) is 27.5. The Morgan fingerprint density at radius 3 is 2.96 bits per heavy atom. The zero-order valence-electron chi connectivity index (χ0n) is 14.3. The van der Waals surface area contributed by atoms with Crippen molar-refractivity contribution in [3.05, 3.63) is 49.1 Å². The maximum Gasteiger partial charge on any atom is 0.238 e. The average Bonchev–Trinajstić information content (AvgIpc) is 3.10. The fourth-order valence-electron chi connectivity index (χ4n) is 2.42. The van der Waals surface area contributed by atoms with Gasteiger partial charge in [-0.1, -0.05) is 12.1 Å². The molecule has 27 heavy (non-hydrogen) atoms. The van der Waals surface area contributed by atoms with E-state index in [4.69, 9.17) is 10.4 Å². The Balaban J connectivity index is 1.76. The lowest BCUT2D eigenvalue weighted by Crippen LogP contribution is -2.09. The van der Waals surface area contributed by atoms with Crippen LogP contribution >= 0.6 is 0 Å². The predicted molar refractivity (Wildman–Crippen MR) is 98.9 cm³/mol. The van der Waals surface area contributed by atoms with E-state index in [0.29, 0.717) is 23.7 Å². The minimum atomic E-state index is -0.361. The van der Waals surface area contributed by atoms with Crippen LogP contribution < -0.4 is 10.6 Å². The Hall–Kier alpha value is -3.77. The van der Waals surface area contributed by atoms with Gasteiger partial charge in [0.15, 0.2) is 0 Å². The van der Waals surface area contributed by atoms with Crippen molar-refractivity contribution in [1.29, 1.82) is 5.26 Å². The zero-order chi connectivity index (χ0) is 19.1. The number of hydrogen-bond donors (Lipinski definition) is 3. The number of nitrogens with one attached hydrogen (secondary N) is 2. The van der Waals surface area contributed by atoms with Gasteiger partial charge in [-0.15, -0.1) is 0 Å². The highest BCUT2D eigenvalue weighted by Gasteiger charge is 2.07. The van der Waals surface area contributed by atoms with Crippen molar-refractivity contribution < 1.29 is 9.90 Å². The van der Waals surface area contributed by atoms with Gasteiger partial charge in [0.05, 0.1) is 36.8 Å². The van der Waals surface area contributed by atoms with Crippen LogP contribution in [0.25, 0.3) is 11.3 Å². The maximum absolute atomic E-state index is 11.6. The smallest absolute Gasteiger partial charge is 0.238 e. The van der Waals surface area contributed by atoms with E-state index >= 15 is 0 Å². The molecule has 1 aromatic carbocycles. The number of carbonyl (C=O) groups is 1. The van der Waals surface area contributed by atoms with Gasteiger partial charge in [0.1, 0.15) is 18.6 Å². The molecule has 0 unspecified atom stereocenters. The van der Waals surface area contributed by atoms with E-state index in [0.717, 1.165) is 11.3 Å². The molecule has 0 radical (unpaired) electrons. The van der Waals surface area contributed by atoms with Gasteiger partial charge in [0.2, 0.25) is 5.91 Å². The molecular formula is C18H17N7O2. The number of nitrogens with zero attached hydrogens (tertiary/aromatic N) is 5. The van der Waals surface area contributed by atoms with Crippen molar-refractivity contribution in [2.24, 2.45) is 0 Å². The number of aliphatic hydroxyl groups is 1. The number of aromatic nitrogens is 4. The molecule has 0 bridgehead atoms. The second-order valence-corrected chi connectivity index (χ2v) is 5.59. The van der Waals surface area contributed by atoms with Crippen molar-refractivity contribution in [2.75, 3.05) is 17.2 Å². The number of hydrogen-bond acceptors (Lipinski definition) is 7. The quantitative estimate of drug-likeness (QED) is 0.585. The van der Waals surface area contributed by atoms with E-state index in [-0.39, 0.29) is 18.9 Å². The van der Waals surface area contributed by atoms with Crippen LogP contribution in [-0.4, -0.2) is 37.4 Å². The summed E-state index contributed by atoms with van der Waals surface area (Å²) in [7, 11) is 0. The van der Waals surface area contributed by atoms with Crippen LogP contribution in [0.1, 0.15) is 6.42 Å². The molecule has 0 fully saturated rings. The highest BCUT2D eigenvalue weighted by molar-refractivity contribution is 5.92. The number of aliphatic hydroxyl groups excluding tert-OH is 1. The van der Waals surface area contributed by atoms with Crippen molar-refractivity contribution in [3.63, 3.8) is 0 Å². The molecule has 2 heterocycles. The second kappa shape index (κ2) is 8.55. The number of amides is 1. The Labute approximate surface area is 155 Å². The second-order valence-electron chi connectivity index (χ2n) is 5.59. The summed E-state index contributed by atoms with van der Waals surface area (Å²) in [5.74, 6) is 0.224. The van der Waals surface area contributed by atoms with Gasteiger partial charge in [0, 0.05) is 23.5 Å². The lowest BCUT2D eigenvalue weighted by Gasteiger charge is -2.08. The summed E-state index contributed by atoms with van der Waals surface area (Å²) in [4.78, 5) is 20.0. The van der Waals surface area contributed by atoms with Crippen LogP contribution in [0.15, 0.2) is 49.1 Å². The first-order chi connectivity index (χ1) is 13.2. The minimum absolute atomic E-state index is 0.0139. The molecule has 0 saturated heterocycles. The third-order valence-corrected chi connectivity index (χ3v) is 3.58. The van der Waals surface area contributed by atoms with Crippen LogP contribution in [0, 0.1) is 11.3 Å². The number of anilines is 3. The molecule has 0 atom stereocenters. The van der Waals surface area contributed by atoms with Gasteiger partial charge >= 0.3 is 0 Å². The van der Waals surface area contributed by atoms with Crippen molar-refractivity contribution >= 4 is 23.1 Å². The lowest BCUT2D eigenvalue weighted by atomic mass is 10.1. The summed E-state index contributed by atoms with van der Waals surface area (Å²) < 4.78 is 1.62. The number of carbonyl (C=O) groups excluding carboxylic acids is 1. The highest BCUT2D eigenvalue weighted by atomic mass is 16.3. The van der Waals surface area contributed by atoms with Gasteiger partial charge in [-0.25, -0.2) is 9.97 Å². The first-order valence-electron chi connectivity index (χ1n) is 8.17. The average molecular weight is 363 g/mol. The SMILES string of the molecule is N#CCC(=O)Nc1cccc(-c2cc(Nc3cnn(CCO)c3)ncn2)c1. The molecule has 0 spiro atoms. The standard InChI is InChI=1S/C18H17N7O2/c19-5-4-18(27)24-14-3-1-2-13(8-14)16-9-17(21-12-20-16)23-15-10-22-25(11-15)6-7-26/h1-3,8-12,26H,4,6-7H2,(H,24,27)(H,20,21,23). The third-order valence-electron chi connectivity index (χ3n) is 3.58. The summed E-state index contributed by atoms with van der Waals surface area (Å²) >= 11 is 0. The lowest BCUT2D eigenvalue weighted by molar-refractivity contribution is -0.115. The first kappa shape index (κ1) is 18.0. The third kappa shape index (κ3) is 4.87. The fraction of sp³-hybridized carbons (Fsp3) is 0.167. The Kier molecular flexibility index (Phi) is 5.71. The van der Waals surface area contributed by atoms with E-state index in [9.17, 15) is 4.79 Å². The van der Waals surface area contributed by atoms with Gasteiger partial charge in [0.25, 0.3) is 0 Å².